The highest BCUT2D eigenvalue weighted by Gasteiger charge is 2.05. The summed E-state index contributed by atoms with van der Waals surface area (Å²) >= 11 is 0. The quantitative estimate of drug-likeness (QED) is 0.760. The van der Waals surface area contributed by atoms with Crippen LogP contribution in [0.1, 0.15) is 17.5 Å². The van der Waals surface area contributed by atoms with Gasteiger partial charge in [-0.2, -0.15) is 0 Å². The monoisotopic (exact) mass is 314 g/mol. The van der Waals surface area contributed by atoms with Crippen molar-refractivity contribution in [2.45, 2.75) is 19.4 Å². The molecule has 0 radical (unpaired) electrons. The van der Waals surface area contributed by atoms with Crippen LogP contribution in [0.3, 0.4) is 0 Å². The van der Waals surface area contributed by atoms with E-state index in [1.54, 1.807) is 24.3 Å². The third-order valence-electron chi connectivity index (χ3n) is 3.53. The molecule has 0 saturated heterocycles. The number of carbonyl (C=O) groups excluding carboxylic acids is 1. The molecule has 6 heteroatoms. The first kappa shape index (κ1) is 15.0. The Morgan fingerprint density at radius 3 is 2.65 bits per heavy atom. The third-order valence-corrected chi connectivity index (χ3v) is 3.53. The minimum Gasteiger partial charge on any atom is -0.408 e. The van der Waals surface area contributed by atoms with Crippen molar-refractivity contribution >= 4 is 17.0 Å². The molecular formula is C17H15FN2O3. The predicted octanol–water partition coefficient (Wildman–Crippen LogP) is 2.51. The second kappa shape index (κ2) is 6.48. The van der Waals surface area contributed by atoms with Crippen molar-refractivity contribution in [1.82, 2.24) is 10.3 Å². The van der Waals surface area contributed by atoms with Crippen LogP contribution in [-0.4, -0.2) is 10.9 Å². The predicted molar refractivity (Wildman–Crippen MR) is 83.4 cm³/mol. The molecule has 1 heterocycles. The van der Waals surface area contributed by atoms with Gasteiger partial charge < -0.3 is 9.73 Å². The molecule has 1 amide bonds. The van der Waals surface area contributed by atoms with E-state index in [1.807, 2.05) is 6.07 Å². The van der Waals surface area contributed by atoms with E-state index in [2.05, 4.69) is 10.3 Å². The summed E-state index contributed by atoms with van der Waals surface area (Å²) in [5, 5.41) is 2.79. The number of carbonyl (C=O) groups is 1. The molecule has 0 atom stereocenters. The maximum absolute atomic E-state index is 12.8. The van der Waals surface area contributed by atoms with Crippen LogP contribution in [0.15, 0.2) is 51.7 Å². The van der Waals surface area contributed by atoms with Gasteiger partial charge in [-0.1, -0.05) is 18.2 Å². The fraction of sp³-hybridized carbons (Fsp3) is 0.176. The number of amides is 1. The first-order valence-electron chi connectivity index (χ1n) is 7.23. The lowest BCUT2D eigenvalue weighted by atomic mass is 10.1. The number of aromatic nitrogens is 1. The second-order valence-electron chi connectivity index (χ2n) is 5.25. The average molecular weight is 314 g/mol. The second-order valence-corrected chi connectivity index (χ2v) is 5.25. The Morgan fingerprint density at radius 1 is 1.13 bits per heavy atom. The fourth-order valence-corrected chi connectivity index (χ4v) is 2.30. The molecular weight excluding hydrogens is 299 g/mol. The number of rotatable bonds is 5. The molecule has 2 N–H and O–H groups in total. The Morgan fingerprint density at radius 2 is 1.87 bits per heavy atom. The van der Waals surface area contributed by atoms with Crippen molar-refractivity contribution in [3.63, 3.8) is 0 Å². The number of aryl methyl sites for hydroxylation is 1. The highest BCUT2D eigenvalue weighted by molar-refractivity contribution is 5.77. The molecule has 0 unspecified atom stereocenters. The number of oxazole rings is 1. The van der Waals surface area contributed by atoms with E-state index in [4.69, 9.17) is 4.42 Å². The largest absolute Gasteiger partial charge is 0.417 e. The summed E-state index contributed by atoms with van der Waals surface area (Å²) in [6.07, 6.45) is 0.882. The van der Waals surface area contributed by atoms with E-state index in [-0.39, 0.29) is 11.7 Å². The first-order valence-corrected chi connectivity index (χ1v) is 7.23. The molecule has 0 saturated carbocycles. The average Bonchev–Trinajstić information content (AvgIpc) is 2.91. The Hall–Kier alpha value is -2.89. The maximum atomic E-state index is 12.8. The lowest BCUT2D eigenvalue weighted by Gasteiger charge is -2.05. The highest BCUT2D eigenvalue weighted by atomic mass is 19.1. The Balaban J connectivity index is 1.53. The Kier molecular flexibility index (Phi) is 4.23. The molecule has 0 spiro atoms. The molecule has 0 fully saturated rings. The molecule has 23 heavy (non-hydrogen) atoms. The van der Waals surface area contributed by atoms with Gasteiger partial charge in [-0.15, -0.1) is 0 Å². The van der Waals surface area contributed by atoms with Gasteiger partial charge in [-0.25, -0.2) is 9.18 Å². The van der Waals surface area contributed by atoms with Crippen molar-refractivity contribution in [1.29, 1.82) is 0 Å². The van der Waals surface area contributed by atoms with Gasteiger partial charge in [0.2, 0.25) is 5.91 Å². The summed E-state index contributed by atoms with van der Waals surface area (Å²) in [4.78, 5) is 25.5. The van der Waals surface area contributed by atoms with Crippen molar-refractivity contribution in [3.8, 4) is 0 Å². The van der Waals surface area contributed by atoms with Gasteiger partial charge >= 0.3 is 5.76 Å². The minimum atomic E-state index is -0.491. The molecule has 3 aromatic rings. The number of benzene rings is 2. The van der Waals surface area contributed by atoms with E-state index in [0.717, 1.165) is 11.1 Å². The van der Waals surface area contributed by atoms with Crippen molar-refractivity contribution in [2.24, 2.45) is 0 Å². The van der Waals surface area contributed by atoms with Crippen LogP contribution in [0.4, 0.5) is 4.39 Å². The van der Waals surface area contributed by atoms with E-state index in [1.165, 1.54) is 12.1 Å². The zero-order chi connectivity index (χ0) is 16.2. The maximum Gasteiger partial charge on any atom is 0.417 e. The number of hydrogen-bond donors (Lipinski definition) is 2. The summed E-state index contributed by atoms with van der Waals surface area (Å²) in [5.41, 5.74) is 2.90. The third kappa shape index (κ3) is 3.85. The van der Waals surface area contributed by atoms with E-state index in [0.29, 0.717) is 30.5 Å². The first-order chi connectivity index (χ1) is 11.1. The zero-order valence-corrected chi connectivity index (χ0v) is 12.3. The number of nitrogens with one attached hydrogen (secondary N) is 2. The number of hydrogen-bond acceptors (Lipinski definition) is 3. The molecule has 1 aromatic heterocycles. The van der Waals surface area contributed by atoms with Crippen LogP contribution in [0.25, 0.3) is 11.1 Å². The van der Waals surface area contributed by atoms with Crippen LogP contribution in [0, 0.1) is 5.82 Å². The lowest BCUT2D eigenvalue weighted by Crippen LogP contribution is -2.22. The SMILES string of the molecule is O=C(CCc1ccc2oc(=O)[nH]c2c1)NCc1ccc(F)cc1. The summed E-state index contributed by atoms with van der Waals surface area (Å²) in [5.74, 6) is -0.878. The van der Waals surface area contributed by atoms with Gasteiger partial charge in [0.25, 0.3) is 0 Å². The Labute approximate surface area is 131 Å². The van der Waals surface area contributed by atoms with Gasteiger partial charge in [-0.3, -0.25) is 9.78 Å². The van der Waals surface area contributed by atoms with Crippen LogP contribution >= 0.6 is 0 Å². The molecule has 3 rings (SSSR count). The number of halogens is 1. The number of aromatic amines is 1. The number of fused-ring (bicyclic) bond motifs is 1. The zero-order valence-electron chi connectivity index (χ0n) is 12.3. The van der Waals surface area contributed by atoms with Gasteiger partial charge in [-0.05, 0) is 41.8 Å². The Bertz CT molecular complexity index is 881. The van der Waals surface area contributed by atoms with Crippen LogP contribution in [0.5, 0.6) is 0 Å². The van der Waals surface area contributed by atoms with E-state index >= 15 is 0 Å². The standard InChI is InChI=1S/C17H15FN2O3/c18-13-5-1-12(2-6-13)10-19-16(21)8-4-11-3-7-15-14(9-11)20-17(22)23-15/h1-3,5-7,9H,4,8,10H2,(H,19,21)(H,20,22). The summed E-state index contributed by atoms with van der Waals surface area (Å²) in [6, 6.07) is 11.3. The van der Waals surface area contributed by atoms with Crippen molar-refractivity contribution in [3.05, 3.63) is 70.0 Å². The molecule has 5 nitrogen and oxygen atoms in total. The molecule has 118 valence electrons. The van der Waals surface area contributed by atoms with E-state index in [9.17, 15) is 14.0 Å². The molecule has 0 bridgehead atoms. The van der Waals surface area contributed by atoms with Gasteiger partial charge in [0.05, 0.1) is 5.52 Å². The van der Waals surface area contributed by atoms with E-state index < -0.39 is 5.76 Å². The molecule has 0 aliphatic heterocycles. The smallest absolute Gasteiger partial charge is 0.408 e. The van der Waals surface area contributed by atoms with Crippen LogP contribution < -0.4 is 11.1 Å². The molecule has 2 aromatic carbocycles. The summed E-state index contributed by atoms with van der Waals surface area (Å²) in [6.45, 7) is 0.368. The fourth-order valence-electron chi connectivity index (χ4n) is 2.30. The van der Waals surface area contributed by atoms with Crippen molar-refractivity contribution < 1.29 is 13.6 Å². The molecule has 0 aliphatic carbocycles. The number of H-pyrrole nitrogens is 1. The summed E-state index contributed by atoms with van der Waals surface area (Å²) < 4.78 is 17.7. The highest BCUT2D eigenvalue weighted by Crippen LogP contribution is 2.13. The topological polar surface area (TPSA) is 75.1 Å². The van der Waals surface area contributed by atoms with Crippen LogP contribution in [0.2, 0.25) is 0 Å². The normalized spacial score (nSPS) is 10.8. The van der Waals surface area contributed by atoms with Gasteiger partial charge in [0, 0.05) is 13.0 Å². The summed E-state index contributed by atoms with van der Waals surface area (Å²) in [7, 11) is 0. The van der Waals surface area contributed by atoms with Crippen molar-refractivity contribution in [2.75, 3.05) is 0 Å². The van der Waals surface area contributed by atoms with Gasteiger partial charge in [0.1, 0.15) is 5.82 Å². The lowest BCUT2D eigenvalue weighted by molar-refractivity contribution is -0.121. The van der Waals surface area contributed by atoms with Crippen LogP contribution in [-0.2, 0) is 17.8 Å². The minimum absolute atomic E-state index is 0.0879. The van der Waals surface area contributed by atoms with Gasteiger partial charge in [0.15, 0.2) is 5.58 Å². The molecule has 0 aliphatic rings.